The SMILES string of the molecule is O=C(c1ccc(F)cc1)c1c[nH]c2cccc(Br)c12. The van der Waals surface area contributed by atoms with Gasteiger partial charge in [-0.05, 0) is 36.4 Å². The molecule has 0 saturated carbocycles. The van der Waals surface area contributed by atoms with Crippen molar-refractivity contribution in [3.63, 3.8) is 0 Å². The molecule has 3 rings (SSSR count). The third kappa shape index (κ3) is 2.08. The highest BCUT2D eigenvalue weighted by atomic mass is 79.9. The number of aromatic nitrogens is 1. The zero-order valence-corrected chi connectivity index (χ0v) is 11.4. The normalized spacial score (nSPS) is 10.8. The molecule has 0 radical (unpaired) electrons. The zero-order valence-electron chi connectivity index (χ0n) is 9.78. The number of nitrogens with one attached hydrogen (secondary N) is 1. The summed E-state index contributed by atoms with van der Waals surface area (Å²) in [4.78, 5) is 15.5. The van der Waals surface area contributed by atoms with E-state index in [0.717, 1.165) is 15.4 Å². The summed E-state index contributed by atoms with van der Waals surface area (Å²) >= 11 is 3.45. The first kappa shape index (κ1) is 12.1. The maximum Gasteiger partial charge on any atom is 0.195 e. The molecule has 0 bridgehead atoms. The van der Waals surface area contributed by atoms with Crippen LogP contribution in [0.1, 0.15) is 15.9 Å². The smallest absolute Gasteiger partial charge is 0.195 e. The van der Waals surface area contributed by atoms with Gasteiger partial charge in [-0.25, -0.2) is 4.39 Å². The molecule has 4 heteroatoms. The molecule has 2 nitrogen and oxygen atoms in total. The Morgan fingerprint density at radius 3 is 2.58 bits per heavy atom. The molecular weight excluding hydrogens is 309 g/mol. The molecule has 0 spiro atoms. The average Bonchev–Trinajstić information content (AvgIpc) is 2.84. The van der Waals surface area contributed by atoms with Crippen LogP contribution in [0.5, 0.6) is 0 Å². The Morgan fingerprint density at radius 1 is 1.11 bits per heavy atom. The average molecular weight is 318 g/mol. The molecule has 94 valence electrons. The number of H-pyrrole nitrogens is 1. The summed E-state index contributed by atoms with van der Waals surface area (Å²) < 4.78 is 13.7. The number of benzene rings is 2. The van der Waals surface area contributed by atoms with E-state index in [1.807, 2.05) is 18.2 Å². The van der Waals surface area contributed by atoms with Crippen molar-refractivity contribution in [2.75, 3.05) is 0 Å². The third-order valence-corrected chi connectivity index (χ3v) is 3.67. The lowest BCUT2D eigenvalue weighted by atomic mass is 10.0. The lowest BCUT2D eigenvalue weighted by Crippen LogP contribution is -2.00. The summed E-state index contributed by atoms with van der Waals surface area (Å²) in [6.45, 7) is 0. The Hall–Kier alpha value is -1.94. The van der Waals surface area contributed by atoms with E-state index in [0.29, 0.717) is 11.1 Å². The molecular formula is C15H9BrFNO. The van der Waals surface area contributed by atoms with Crippen LogP contribution in [0.3, 0.4) is 0 Å². The molecule has 0 aliphatic rings. The highest BCUT2D eigenvalue weighted by molar-refractivity contribution is 9.10. The van der Waals surface area contributed by atoms with E-state index in [4.69, 9.17) is 0 Å². The van der Waals surface area contributed by atoms with Crippen LogP contribution in [0.15, 0.2) is 53.1 Å². The molecule has 1 aromatic heterocycles. The van der Waals surface area contributed by atoms with Crippen molar-refractivity contribution in [2.24, 2.45) is 0 Å². The third-order valence-electron chi connectivity index (χ3n) is 3.01. The van der Waals surface area contributed by atoms with E-state index in [-0.39, 0.29) is 11.6 Å². The second-order valence-corrected chi connectivity index (χ2v) is 5.06. The van der Waals surface area contributed by atoms with Crippen molar-refractivity contribution in [1.29, 1.82) is 0 Å². The molecule has 0 unspecified atom stereocenters. The van der Waals surface area contributed by atoms with Gasteiger partial charge in [0.1, 0.15) is 5.82 Å². The number of hydrogen-bond acceptors (Lipinski definition) is 1. The maximum absolute atomic E-state index is 12.9. The topological polar surface area (TPSA) is 32.9 Å². The standard InChI is InChI=1S/C15H9BrFNO/c16-12-2-1-3-13-14(12)11(8-18-13)15(19)9-4-6-10(17)7-5-9/h1-8,18H. The van der Waals surface area contributed by atoms with E-state index < -0.39 is 0 Å². The summed E-state index contributed by atoms with van der Waals surface area (Å²) in [7, 11) is 0. The predicted octanol–water partition coefficient (Wildman–Crippen LogP) is 4.30. The fourth-order valence-electron chi connectivity index (χ4n) is 2.08. The Bertz CT molecular complexity index is 761. The molecule has 1 N–H and O–H groups in total. The van der Waals surface area contributed by atoms with Gasteiger partial charge >= 0.3 is 0 Å². The monoisotopic (exact) mass is 317 g/mol. The molecule has 0 saturated heterocycles. The van der Waals surface area contributed by atoms with E-state index in [2.05, 4.69) is 20.9 Å². The van der Waals surface area contributed by atoms with Crippen molar-refractivity contribution in [3.05, 3.63) is 70.1 Å². The summed E-state index contributed by atoms with van der Waals surface area (Å²) in [5.41, 5.74) is 1.94. The number of ketones is 1. The summed E-state index contributed by atoms with van der Waals surface area (Å²) in [5.74, 6) is -0.477. The summed E-state index contributed by atoms with van der Waals surface area (Å²) in [5, 5.41) is 0.844. The highest BCUT2D eigenvalue weighted by Crippen LogP contribution is 2.28. The van der Waals surface area contributed by atoms with Crippen LogP contribution in [0.25, 0.3) is 10.9 Å². The first-order valence-corrected chi connectivity index (χ1v) is 6.52. The second kappa shape index (κ2) is 4.63. The second-order valence-electron chi connectivity index (χ2n) is 4.20. The van der Waals surface area contributed by atoms with Crippen molar-refractivity contribution in [1.82, 2.24) is 4.98 Å². The van der Waals surface area contributed by atoms with Gasteiger partial charge in [0.15, 0.2) is 5.78 Å². The van der Waals surface area contributed by atoms with Crippen LogP contribution in [-0.2, 0) is 0 Å². The minimum absolute atomic E-state index is 0.127. The van der Waals surface area contributed by atoms with Crippen LogP contribution in [0, 0.1) is 5.82 Å². The quantitative estimate of drug-likeness (QED) is 0.702. The van der Waals surface area contributed by atoms with Crippen molar-refractivity contribution in [3.8, 4) is 0 Å². The predicted molar refractivity (Wildman–Crippen MR) is 75.8 cm³/mol. The van der Waals surface area contributed by atoms with E-state index in [9.17, 15) is 9.18 Å². The molecule has 2 aromatic carbocycles. The van der Waals surface area contributed by atoms with Crippen LogP contribution in [0.4, 0.5) is 4.39 Å². The molecule has 3 aromatic rings. The number of hydrogen-bond donors (Lipinski definition) is 1. The van der Waals surface area contributed by atoms with Gasteiger partial charge in [-0.15, -0.1) is 0 Å². The molecule has 0 amide bonds. The van der Waals surface area contributed by atoms with Crippen molar-refractivity contribution >= 4 is 32.6 Å². The Balaban J connectivity index is 2.14. The summed E-state index contributed by atoms with van der Waals surface area (Å²) in [6.07, 6.45) is 1.68. The van der Waals surface area contributed by atoms with Crippen LogP contribution in [-0.4, -0.2) is 10.8 Å². The van der Waals surface area contributed by atoms with Gasteiger partial charge in [0.2, 0.25) is 0 Å². The number of carbonyl (C=O) groups excluding carboxylic acids is 1. The van der Waals surface area contributed by atoms with E-state index >= 15 is 0 Å². The first-order valence-electron chi connectivity index (χ1n) is 5.72. The fourth-order valence-corrected chi connectivity index (χ4v) is 2.66. The van der Waals surface area contributed by atoms with E-state index in [1.165, 1.54) is 24.3 Å². The van der Waals surface area contributed by atoms with Crippen molar-refractivity contribution in [2.45, 2.75) is 0 Å². The molecule has 1 heterocycles. The largest absolute Gasteiger partial charge is 0.360 e. The van der Waals surface area contributed by atoms with E-state index in [1.54, 1.807) is 6.20 Å². The number of fused-ring (bicyclic) bond motifs is 1. The maximum atomic E-state index is 12.9. The molecule has 19 heavy (non-hydrogen) atoms. The minimum atomic E-state index is -0.350. The molecule has 0 aliphatic heterocycles. The lowest BCUT2D eigenvalue weighted by Gasteiger charge is -2.01. The Kier molecular flexibility index (Phi) is 2.95. The summed E-state index contributed by atoms with van der Waals surface area (Å²) in [6, 6.07) is 11.3. The van der Waals surface area contributed by atoms with Crippen LogP contribution < -0.4 is 0 Å². The minimum Gasteiger partial charge on any atom is -0.360 e. The number of rotatable bonds is 2. The first-order chi connectivity index (χ1) is 9.16. The lowest BCUT2D eigenvalue weighted by molar-refractivity contribution is 0.104. The van der Waals surface area contributed by atoms with Gasteiger partial charge in [-0.2, -0.15) is 0 Å². The number of carbonyl (C=O) groups is 1. The van der Waals surface area contributed by atoms with Gasteiger partial charge in [-0.3, -0.25) is 4.79 Å². The van der Waals surface area contributed by atoms with Crippen LogP contribution in [0.2, 0.25) is 0 Å². The Labute approximate surface area is 117 Å². The van der Waals surface area contributed by atoms with Gasteiger partial charge < -0.3 is 4.98 Å². The van der Waals surface area contributed by atoms with Gasteiger partial charge in [0, 0.05) is 32.7 Å². The van der Waals surface area contributed by atoms with Crippen molar-refractivity contribution < 1.29 is 9.18 Å². The molecule has 0 fully saturated rings. The fraction of sp³-hybridized carbons (Fsp3) is 0. The number of aromatic amines is 1. The Morgan fingerprint density at radius 2 is 1.84 bits per heavy atom. The van der Waals surface area contributed by atoms with Gasteiger partial charge in [-0.1, -0.05) is 22.0 Å². The highest BCUT2D eigenvalue weighted by Gasteiger charge is 2.15. The van der Waals surface area contributed by atoms with Gasteiger partial charge in [0.05, 0.1) is 0 Å². The number of halogens is 2. The van der Waals surface area contributed by atoms with Gasteiger partial charge in [0.25, 0.3) is 0 Å². The zero-order chi connectivity index (χ0) is 13.4. The molecule has 0 atom stereocenters. The molecule has 0 aliphatic carbocycles. The van der Waals surface area contributed by atoms with Crippen LogP contribution >= 0.6 is 15.9 Å².